The van der Waals surface area contributed by atoms with Crippen LogP contribution in [0.5, 0.6) is 5.75 Å². The highest BCUT2D eigenvalue weighted by Crippen LogP contribution is 2.32. The molecule has 0 bridgehead atoms. The Morgan fingerprint density at radius 1 is 1.35 bits per heavy atom. The first-order valence-corrected chi connectivity index (χ1v) is 8.29. The Morgan fingerprint density at radius 2 is 2.04 bits per heavy atom. The van der Waals surface area contributed by atoms with E-state index in [2.05, 4.69) is 11.2 Å². The molecular weight excluding hydrogens is 336 g/mol. The molecule has 0 radical (unpaired) electrons. The van der Waals surface area contributed by atoms with Crippen LogP contribution in [0.3, 0.4) is 0 Å². The van der Waals surface area contributed by atoms with Crippen LogP contribution >= 0.6 is 0 Å². The smallest absolute Gasteiger partial charge is 0.266 e. The SMILES string of the molecule is C#CCOc1cccc2c1C(=O)N(C(CCC=O)C(=O)NC)C2=O.CC. The third-order valence-corrected chi connectivity index (χ3v) is 3.64. The summed E-state index contributed by atoms with van der Waals surface area (Å²) in [6.45, 7) is 3.95. The molecule has 7 heteroatoms. The first kappa shape index (κ1) is 20.9. The van der Waals surface area contributed by atoms with Crippen LogP contribution in [-0.4, -0.2) is 48.6 Å². The van der Waals surface area contributed by atoms with E-state index in [1.807, 2.05) is 13.8 Å². The average molecular weight is 358 g/mol. The van der Waals surface area contributed by atoms with E-state index in [4.69, 9.17) is 11.2 Å². The lowest BCUT2D eigenvalue weighted by Crippen LogP contribution is -2.48. The molecule has 1 unspecified atom stereocenters. The van der Waals surface area contributed by atoms with Crippen LogP contribution < -0.4 is 10.1 Å². The van der Waals surface area contributed by atoms with Gasteiger partial charge in [0.25, 0.3) is 11.8 Å². The molecule has 0 aliphatic carbocycles. The van der Waals surface area contributed by atoms with Gasteiger partial charge in [-0.1, -0.05) is 25.8 Å². The zero-order chi connectivity index (χ0) is 19.7. The molecule has 1 aliphatic rings. The van der Waals surface area contributed by atoms with E-state index < -0.39 is 23.8 Å². The molecule has 0 spiro atoms. The molecule has 1 aliphatic heterocycles. The number of fused-ring (bicyclic) bond motifs is 1. The molecule has 0 aromatic heterocycles. The number of amides is 3. The number of hydrogen-bond donors (Lipinski definition) is 1. The van der Waals surface area contributed by atoms with Gasteiger partial charge in [0.1, 0.15) is 24.7 Å². The standard InChI is InChI=1S/C17H16N2O5.C2H6/c1-3-10-24-13-8-4-6-11-14(13)17(23)19(16(11)22)12(7-5-9-20)15(21)18-2;1-2/h1,4,6,8-9,12H,5,7,10H2,2H3,(H,18,21);1-2H3. The molecule has 1 N–H and O–H groups in total. The van der Waals surface area contributed by atoms with Crippen molar-refractivity contribution in [3.05, 3.63) is 29.3 Å². The molecule has 0 saturated carbocycles. The maximum Gasteiger partial charge on any atom is 0.266 e. The van der Waals surface area contributed by atoms with E-state index in [1.54, 1.807) is 6.07 Å². The third kappa shape index (κ3) is 4.09. The number of likely N-dealkylation sites (N-methyl/N-ethyl adjacent to an activating group) is 1. The summed E-state index contributed by atoms with van der Waals surface area (Å²) < 4.78 is 5.32. The van der Waals surface area contributed by atoms with Gasteiger partial charge in [-0.25, -0.2) is 0 Å². The van der Waals surface area contributed by atoms with Crippen molar-refractivity contribution >= 4 is 24.0 Å². The van der Waals surface area contributed by atoms with Gasteiger partial charge in [-0.05, 0) is 18.6 Å². The Hall–Kier alpha value is -3.14. The number of benzene rings is 1. The van der Waals surface area contributed by atoms with E-state index in [0.29, 0.717) is 6.29 Å². The van der Waals surface area contributed by atoms with Gasteiger partial charge in [0.15, 0.2) is 0 Å². The van der Waals surface area contributed by atoms with E-state index >= 15 is 0 Å². The zero-order valence-electron chi connectivity index (χ0n) is 15.1. The van der Waals surface area contributed by atoms with Crippen molar-refractivity contribution in [1.82, 2.24) is 10.2 Å². The maximum absolute atomic E-state index is 12.7. The number of imide groups is 1. The van der Waals surface area contributed by atoms with Crippen molar-refractivity contribution in [2.24, 2.45) is 0 Å². The van der Waals surface area contributed by atoms with Crippen LogP contribution in [0.25, 0.3) is 0 Å². The summed E-state index contributed by atoms with van der Waals surface area (Å²) in [7, 11) is 1.40. The molecule has 138 valence electrons. The van der Waals surface area contributed by atoms with Crippen molar-refractivity contribution in [2.45, 2.75) is 32.7 Å². The number of hydrogen-bond acceptors (Lipinski definition) is 5. The van der Waals surface area contributed by atoms with Gasteiger partial charge in [0.2, 0.25) is 5.91 Å². The van der Waals surface area contributed by atoms with Gasteiger partial charge < -0.3 is 14.8 Å². The van der Waals surface area contributed by atoms with E-state index in [0.717, 1.165) is 4.90 Å². The van der Waals surface area contributed by atoms with Crippen molar-refractivity contribution < 1.29 is 23.9 Å². The minimum absolute atomic E-state index is 0.0476. The zero-order valence-corrected chi connectivity index (χ0v) is 15.1. The summed E-state index contributed by atoms with van der Waals surface area (Å²) in [5, 5.41) is 2.41. The highest BCUT2D eigenvalue weighted by Gasteiger charge is 2.44. The molecular formula is C19H22N2O5. The minimum atomic E-state index is -1.06. The quantitative estimate of drug-likeness (QED) is 0.452. The minimum Gasteiger partial charge on any atom is -0.480 e. The lowest BCUT2D eigenvalue weighted by Gasteiger charge is -2.24. The van der Waals surface area contributed by atoms with Gasteiger partial charge in [-0.2, -0.15) is 0 Å². The molecule has 1 atom stereocenters. The number of nitrogens with zero attached hydrogens (tertiary/aromatic N) is 1. The predicted octanol–water partition coefficient (Wildman–Crippen LogP) is 1.41. The Balaban J connectivity index is 0.00000163. The first-order chi connectivity index (χ1) is 12.6. The molecule has 3 amide bonds. The highest BCUT2D eigenvalue weighted by molar-refractivity contribution is 6.24. The van der Waals surface area contributed by atoms with Crippen LogP contribution in [-0.2, 0) is 9.59 Å². The summed E-state index contributed by atoms with van der Waals surface area (Å²) in [6.07, 6.45) is 5.88. The second-order valence-electron chi connectivity index (χ2n) is 5.03. The number of ether oxygens (including phenoxy) is 1. The molecule has 1 aromatic carbocycles. The first-order valence-electron chi connectivity index (χ1n) is 8.29. The molecule has 26 heavy (non-hydrogen) atoms. The summed E-state index contributed by atoms with van der Waals surface area (Å²) in [6, 6.07) is 3.53. The van der Waals surface area contributed by atoms with Crippen molar-refractivity contribution in [2.75, 3.05) is 13.7 Å². The van der Waals surface area contributed by atoms with Crippen LogP contribution in [0.2, 0.25) is 0 Å². The maximum atomic E-state index is 12.7. The number of carbonyl (C=O) groups is 4. The summed E-state index contributed by atoms with van der Waals surface area (Å²) in [4.78, 5) is 48.9. The van der Waals surface area contributed by atoms with Gasteiger partial charge >= 0.3 is 0 Å². The fraction of sp³-hybridized carbons (Fsp3) is 0.368. The van der Waals surface area contributed by atoms with Gasteiger partial charge in [0.05, 0.1) is 11.1 Å². The monoisotopic (exact) mass is 358 g/mol. The van der Waals surface area contributed by atoms with Crippen molar-refractivity contribution in [1.29, 1.82) is 0 Å². The van der Waals surface area contributed by atoms with Crippen LogP contribution in [0.4, 0.5) is 0 Å². The number of rotatable bonds is 7. The van der Waals surface area contributed by atoms with Crippen LogP contribution in [0.15, 0.2) is 18.2 Å². The molecule has 1 aromatic rings. The summed E-state index contributed by atoms with van der Waals surface area (Å²) >= 11 is 0. The average Bonchev–Trinajstić information content (AvgIpc) is 2.93. The molecule has 0 fully saturated rings. The Bertz CT molecular complexity index is 736. The second-order valence-corrected chi connectivity index (χ2v) is 5.03. The summed E-state index contributed by atoms with van der Waals surface area (Å²) in [5.74, 6) is 0.730. The van der Waals surface area contributed by atoms with E-state index in [-0.39, 0.29) is 36.3 Å². The van der Waals surface area contributed by atoms with Gasteiger partial charge in [-0.15, -0.1) is 6.42 Å². The summed E-state index contributed by atoms with van der Waals surface area (Å²) in [5.41, 5.74) is 0.229. The highest BCUT2D eigenvalue weighted by atomic mass is 16.5. The molecule has 0 saturated heterocycles. The lowest BCUT2D eigenvalue weighted by molar-refractivity contribution is -0.124. The molecule has 7 nitrogen and oxygen atoms in total. The van der Waals surface area contributed by atoms with Crippen LogP contribution in [0, 0.1) is 12.3 Å². The number of carbonyl (C=O) groups excluding carboxylic acids is 4. The Kier molecular flexibility index (Phi) is 8.03. The Morgan fingerprint density at radius 3 is 2.62 bits per heavy atom. The third-order valence-electron chi connectivity index (χ3n) is 3.64. The molecule has 1 heterocycles. The largest absolute Gasteiger partial charge is 0.480 e. The number of nitrogens with one attached hydrogen (secondary N) is 1. The number of terminal acetylenes is 1. The van der Waals surface area contributed by atoms with Crippen molar-refractivity contribution in [3.63, 3.8) is 0 Å². The fourth-order valence-electron chi connectivity index (χ4n) is 2.57. The number of aldehydes is 1. The normalized spacial score (nSPS) is 13.1. The predicted molar refractivity (Wildman–Crippen MR) is 95.8 cm³/mol. The van der Waals surface area contributed by atoms with Crippen molar-refractivity contribution in [3.8, 4) is 18.1 Å². The van der Waals surface area contributed by atoms with Gasteiger partial charge in [-0.3, -0.25) is 19.3 Å². The van der Waals surface area contributed by atoms with E-state index in [1.165, 1.54) is 19.2 Å². The van der Waals surface area contributed by atoms with E-state index in [9.17, 15) is 19.2 Å². The topological polar surface area (TPSA) is 92.8 Å². The Labute approximate surface area is 152 Å². The second kappa shape index (κ2) is 9.99. The van der Waals surface area contributed by atoms with Crippen LogP contribution in [0.1, 0.15) is 47.4 Å². The fourth-order valence-corrected chi connectivity index (χ4v) is 2.57. The lowest BCUT2D eigenvalue weighted by atomic mass is 10.1. The van der Waals surface area contributed by atoms with Gasteiger partial charge in [0, 0.05) is 13.5 Å². The molecule has 2 rings (SSSR count).